The Bertz CT molecular complexity index is 680. The van der Waals surface area contributed by atoms with E-state index in [1.54, 1.807) is 0 Å². The van der Waals surface area contributed by atoms with Gasteiger partial charge in [-0.2, -0.15) is 0 Å². The SMILES string of the molecule is Cc1ccc([P+](I)(c2ccc(C)cc2)c2ccc(C)cc2)cc1.[I-]. The van der Waals surface area contributed by atoms with Crippen molar-refractivity contribution in [3.63, 3.8) is 0 Å². The molecule has 3 rings (SSSR count). The Hall–Kier alpha value is -0.450. The highest BCUT2D eigenvalue weighted by Crippen LogP contribution is 2.63. The molecule has 0 spiro atoms. The summed E-state index contributed by atoms with van der Waals surface area (Å²) in [5, 5.41) is 4.28. The van der Waals surface area contributed by atoms with Gasteiger partial charge in [-0.1, -0.05) is 53.1 Å². The number of halogens is 2. The standard InChI is InChI=1S/C21H21IP.HI/c1-16-4-10-19(11-5-16)23(22,20-12-6-17(2)7-13-20)21-14-8-18(3)9-15-21;/h4-15H,1-3H3;1H/q+1;/p-1. The first kappa shape index (κ1) is 19.9. The maximum atomic E-state index is 2.72. The second-order valence-electron chi connectivity index (χ2n) is 6.10. The summed E-state index contributed by atoms with van der Waals surface area (Å²) < 4.78 is 0. The molecule has 0 unspecified atom stereocenters. The van der Waals surface area contributed by atoms with Gasteiger partial charge in [-0.25, -0.2) is 0 Å². The Morgan fingerprint density at radius 1 is 0.500 bits per heavy atom. The van der Waals surface area contributed by atoms with Crippen LogP contribution in [0.25, 0.3) is 0 Å². The lowest BCUT2D eigenvalue weighted by atomic mass is 10.2. The van der Waals surface area contributed by atoms with Crippen LogP contribution in [-0.2, 0) is 0 Å². The molecule has 0 atom stereocenters. The van der Waals surface area contributed by atoms with Gasteiger partial charge in [0, 0.05) is 0 Å². The third kappa shape index (κ3) is 4.03. The summed E-state index contributed by atoms with van der Waals surface area (Å²) >= 11 is 2.72. The van der Waals surface area contributed by atoms with Gasteiger partial charge in [0.05, 0.1) is 0 Å². The maximum absolute atomic E-state index is 2.72. The second-order valence-corrected chi connectivity index (χ2v) is 13.2. The molecule has 0 saturated carbocycles. The van der Waals surface area contributed by atoms with Crippen LogP contribution in [-0.4, -0.2) is 0 Å². The van der Waals surface area contributed by atoms with Gasteiger partial charge in [-0.3, -0.25) is 0 Å². The number of rotatable bonds is 3. The van der Waals surface area contributed by atoms with Crippen LogP contribution < -0.4 is 39.9 Å². The fourth-order valence-corrected chi connectivity index (χ4v) is 8.17. The molecule has 3 aromatic rings. The van der Waals surface area contributed by atoms with Crippen molar-refractivity contribution in [2.45, 2.75) is 20.8 Å². The van der Waals surface area contributed by atoms with Gasteiger partial charge in [0.15, 0.2) is 26.9 Å². The van der Waals surface area contributed by atoms with Crippen molar-refractivity contribution in [2.24, 2.45) is 0 Å². The molecule has 0 radical (unpaired) electrons. The van der Waals surface area contributed by atoms with E-state index in [4.69, 9.17) is 0 Å². The third-order valence-electron chi connectivity index (χ3n) is 4.17. The van der Waals surface area contributed by atoms with Crippen molar-refractivity contribution in [1.29, 1.82) is 0 Å². The number of aryl methyl sites for hydroxylation is 3. The van der Waals surface area contributed by atoms with E-state index in [-0.39, 0.29) is 24.0 Å². The van der Waals surface area contributed by atoms with Crippen molar-refractivity contribution in [3.05, 3.63) is 89.5 Å². The summed E-state index contributed by atoms with van der Waals surface area (Å²) in [6.07, 6.45) is 0. The lowest BCUT2D eigenvalue weighted by Crippen LogP contribution is -3.00. The molecule has 124 valence electrons. The van der Waals surface area contributed by atoms with Crippen LogP contribution in [0.5, 0.6) is 0 Å². The summed E-state index contributed by atoms with van der Waals surface area (Å²) in [5.74, 6) is 0. The molecule has 0 aliphatic heterocycles. The van der Waals surface area contributed by atoms with Gasteiger partial charge in [0.2, 0.25) is 0 Å². The highest BCUT2D eigenvalue weighted by molar-refractivity contribution is 14.2. The quantitative estimate of drug-likeness (QED) is 0.342. The lowest BCUT2D eigenvalue weighted by Gasteiger charge is -2.20. The summed E-state index contributed by atoms with van der Waals surface area (Å²) in [4.78, 5) is -1.62. The predicted octanol–water partition coefficient (Wildman–Crippen LogP) is 2.26. The predicted molar refractivity (Wildman–Crippen MR) is 113 cm³/mol. The molecule has 0 nitrogen and oxygen atoms in total. The average molecular weight is 558 g/mol. The first-order valence-electron chi connectivity index (χ1n) is 7.80. The Balaban J connectivity index is 0.00000208. The first-order valence-corrected chi connectivity index (χ1v) is 12.4. The van der Waals surface area contributed by atoms with Crippen molar-refractivity contribution >= 4 is 42.9 Å². The molecule has 0 amide bonds. The Morgan fingerprint density at radius 2 is 0.708 bits per heavy atom. The molecule has 24 heavy (non-hydrogen) atoms. The Kier molecular flexibility index (Phi) is 6.86. The normalized spacial score (nSPS) is 11.0. The summed E-state index contributed by atoms with van der Waals surface area (Å²) in [6, 6.07) is 27.2. The van der Waals surface area contributed by atoms with Gasteiger partial charge < -0.3 is 24.0 Å². The molecule has 0 aliphatic carbocycles. The van der Waals surface area contributed by atoms with E-state index in [2.05, 4.69) is 116 Å². The van der Waals surface area contributed by atoms with Crippen molar-refractivity contribution in [2.75, 3.05) is 0 Å². The molecule has 0 bridgehead atoms. The molecule has 0 N–H and O–H groups in total. The highest BCUT2D eigenvalue weighted by Gasteiger charge is 2.43. The zero-order valence-electron chi connectivity index (χ0n) is 14.1. The van der Waals surface area contributed by atoms with Gasteiger partial charge in [-0.15, -0.1) is 0 Å². The largest absolute Gasteiger partial charge is 1.00 e. The molecule has 0 aliphatic rings. The van der Waals surface area contributed by atoms with Gasteiger partial charge in [-0.05, 0) is 57.2 Å². The van der Waals surface area contributed by atoms with E-state index < -0.39 is 4.90 Å². The van der Waals surface area contributed by atoms with Crippen LogP contribution in [0.1, 0.15) is 16.7 Å². The van der Waals surface area contributed by atoms with Crippen molar-refractivity contribution in [1.82, 2.24) is 0 Å². The third-order valence-corrected chi connectivity index (χ3v) is 12.2. The highest BCUT2D eigenvalue weighted by atomic mass is 127. The summed E-state index contributed by atoms with van der Waals surface area (Å²) in [7, 11) is 0. The van der Waals surface area contributed by atoms with Gasteiger partial charge in [0.25, 0.3) is 0 Å². The first-order chi connectivity index (χ1) is 11.0. The molecule has 0 aromatic heterocycles. The van der Waals surface area contributed by atoms with Gasteiger partial charge >= 0.3 is 0 Å². The Morgan fingerprint density at radius 3 is 0.917 bits per heavy atom. The van der Waals surface area contributed by atoms with E-state index >= 15 is 0 Å². The summed E-state index contributed by atoms with van der Waals surface area (Å²) in [5.41, 5.74) is 3.93. The minimum absolute atomic E-state index is 0. The van der Waals surface area contributed by atoms with Crippen molar-refractivity contribution in [3.8, 4) is 0 Å². The fourth-order valence-electron chi connectivity index (χ4n) is 2.70. The van der Waals surface area contributed by atoms with E-state index in [0.717, 1.165) is 0 Å². The van der Waals surface area contributed by atoms with Crippen LogP contribution in [0.2, 0.25) is 0 Å². The van der Waals surface area contributed by atoms with Crippen LogP contribution in [0, 0.1) is 20.8 Å². The zero-order chi connectivity index (χ0) is 16.4. The summed E-state index contributed by atoms with van der Waals surface area (Å²) in [6.45, 7) is 6.44. The van der Waals surface area contributed by atoms with E-state index in [1.807, 2.05) is 0 Å². The zero-order valence-corrected chi connectivity index (χ0v) is 19.3. The van der Waals surface area contributed by atoms with Gasteiger partial charge in [0.1, 0.15) is 15.9 Å². The number of benzene rings is 3. The topological polar surface area (TPSA) is 0 Å². The maximum Gasteiger partial charge on any atom is 0.173 e. The lowest BCUT2D eigenvalue weighted by molar-refractivity contribution is -0.00000453. The molecule has 0 saturated heterocycles. The fraction of sp³-hybridized carbons (Fsp3) is 0.143. The Labute approximate surface area is 175 Å². The minimum atomic E-state index is -1.62. The average Bonchev–Trinajstić information content (AvgIpc) is 2.56. The molecule has 0 fully saturated rings. The van der Waals surface area contributed by atoms with Crippen LogP contribution in [0.3, 0.4) is 0 Å². The minimum Gasteiger partial charge on any atom is -1.00 e. The molecular formula is C21H21I2P. The molecule has 0 heterocycles. The molecular weight excluding hydrogens is 537 g/mol. The van der Waals surface area contributed by atoms with E-state index in [1.165, 1.54) is 32.6 Å². The monoisotopic (exact) mass is 558 g/mol. The number of hydrogen-bond donors (Lipinski definition) is 0. The van der Waals surface area contributed by atoms with E-state index in [0.29, 0.717) is 0 Å². The number of hydrogen-bond acceptors (Lipinski definition) is 0. The van der Waals surface area contributed by atoms with Crippen molar-refractivity contribution < 1.29 is 24.0 Å². The second kappa shape index (κ2) is 8.29. The van der Waals surface area contributed by atoms with E-state index in [9.17, 15) is 0 Å². The molecule has 3 aromatic carbocycles. The van der Waals surface area contributed by atoms with Crippen LogP contribution in [0.4, 0.5) is 0 Å². The molecule has 3 heteroatoms. The smallest absolute Gasteiger partial charge is 0.173 e. The van der Waals surface area contributed by atoms with Crippen LogP contribution >= 0.6 is 26.9 Å². The van der Waals surface area contributed by atoms with Crippen LogP contribution in [0.15, 0.2) is 72.8 Å².